The van der Waals surface area contributed by atoms with Gasteiger partial charge >= 0.3 is 5.97 Å². The third-order valence-corrected chi connectivity index (χ3v) is 2.50. The number of benzene rings is 1. The highest BCUT2D eigenvalue weighted by Gasteiger charge is 2.19. The molecule has 1 aromatic rings. The molecule has 5 nitrogen and oxygen atoms in total. The summed E-state index contributed by atoms with van der Waals surface area (Å²) in [7, 11) is 0. The number of nitrogens with zero attached hydrogens (tertiary/aromatic N) is 1. The van der Waals surface area contributed by atoms with Crippen molar-refractivity contribution in [2.24, 2.45) is 0 Å². The molecule has 0 aliphatic heterocycles. The molecule has 0 radical (unpaired) electrons. The Labute approximate surface area is 103 Å². The minimum atomic E-state index is -1.10. The second kappa shape index (κ2) is 5.54. The predicted octanol–water partition coefficient (Wildman–Crippen LogP) is 1.59. The van der Waals surface area contributed by atoms with E-state index in [-0.39, 0.29) is 22.9 Å². The van der Waals surface area contributed by atoms with Crippen LogP contribution in [0.1, 0.15) is 17.3 Å². The number of carboxylic acids is 1. The van der Waals surface area contributed by atoms with Crippen LogP contribution in [0.25, 0.3) is 0 Å². The minimum Gasteiger partial charge on any atom is -0.508 e. The van der Waals surface area contributed by atoms with Gasteiger partial charge < -0.3 is 15.1 Å². The molecule has 0 aliphatic rings. The Morgan fingerprint density at radius 2 is 2.06 bits per heavy atom. The van der Waals surface area contributed by atoms with Gasteiger partial charge in [0.1, 0.15) is 12.3 Å². The van der Waals surface area contributed by atoms with Crippen molar-refractivity contribution in [2.45, 2.75) is 6.92 Å². The van der Waals surface area contributed by atoms with Gasteiger partial charge in [-0.05, 0) is 25.1 Å². The fourth-order valence-electron chi connectivity index (χ4n) is 1.34. The third-order valence-electron chi connectivity index (χ3n) is 2.18. The number of aliphatic carboxylic acids is 1. The lowest BCUT2D eigenvalue weighted by Crippen LogP contribution is -2.35. The van der Waals surface area contributed by atoms with Gasteiger partial charge in [-0.25, -0.2) is 0 Å². The smallest absolute Gasteiger partial charge is 0.323 e. The van der Waals surface area contributed by atoms with E-state index in [2.05, 4.69) is 0 Å². The number of carboxylic acid groups (broad SMARTS) is 1. The van der Waals surface area contributed by atoms with E-state index in [0.29, 0.717) is 0 Å². The summed E-state index contributed by atoms with van der Waals surface area (Å²) in [5, 5.41) is 18.1. The van der Waals surface area contributed by atoms with Crippen molar-refractivity contribution >= 4 is 23.5 Å². The van der Waals surface area contributed by atoms with Crippen molar-refractivity contribution in [3.63, 3.8) is 0 Å². The van der Waals surface area contributed by atoms with Gasteiger partial charge in [-0.2, -0.15) is 0 Å². The van der Waals surface area contributed by atoms with Crippen molar-refractivity contribution in [3.05, 3.63) is 28.8 Å². The summed E-state index contributed by atoms with van der Waals surface area (Å²) >= 11 is 5.82. The summed E-state index contributed by atoms with van der Waals surface area (Å²) in [4.78, 5) is 23.7. The maximum atomic E-state index is 12.0. The Bertz CT molecular complexity index is 447. The van der Waals surface area contributed by atoms with Gasteiger partial charge in [0.05, 0.1) is 10.6 Å². The molecule has 0 fully saturated rings. The molecule has 0 aromatic heterocycles. The number of amides is 1. The van der Waals surface area contributed by atoms with E-state index in [1.165, 1.54) is 18.2 Å². The number of hydrogen-bond acceptors (Lipinski definition) is 3. The molecule has 1 aromatic carbocycles. The second-order valence-corrected chi connectivity index (χ2v) is 3.78. The molecule has 0 spiro atoms. The normalized spacial score (nSPS) is 10.0. The van der Waals surface area contributed by atoms with Gasteiger partial charge in [0.15, 0.2) is 0 Å². The summed E-state index contributed by atoms with van der Waals surface area (Å²) in [5.41, 5.74) is 0.0924. The van der Waals surface area contributed by atoms with Gasteiger partial charge in [0, 0.05) is 6.54 Å². The largest absolute Gasteiger partial charge is 0.508 e. The SMILES string of the molecule is CCN(CC(=O)O)C(=O)c1cc(O)ccc1Cl. The van der Waals surface area contributed by atoms with Gasteiger partial charge in [-0.1, -0.05) is 11.6 Å². The molecule has 0 heterocycles. The summed E-state index contributed by atoms with van der Waals surface area (Å²) in [6.07, 6.45) is 0. The maximum absolute atomic E-state index is 12.0. The Morgan fingerprint density at radius 1 is 1.41 bits per heavy atom. The van der Waals surface area contributed by atoms with Crippen LogP contribution < -0.4 is 0 Å². The van der Waals surface area contributed by atoms with Gasteiger partial charge in [0.2, 0.25) is 0 Å². The van der Waals surface area contributed by atoms with E-state index in [1.807, 2.05) is 0 Å². The monoisotopic (exact) mass is 257 g/mol. The van der Waals surface area contributed by atoms with Crippen LogP contribution in [0, 0.1) is 0 Å². The van der Waals surface area contributed by atoms with Crippen molar-refractivity contribution in [2.75, 3.05) is 13.1 Å². The second-order valence-electron chi connectivity index (χ2n) is 3.38. The lowest BCUT2D eigenvalue weighted by molar-refractivity contribution is -0.137. The van der Waals surface area contributed by atoms with Crippen LogP contribution in [-0.4, -0.2) is 40.1 Å². The van der Waals surface area contributed by atoms with E-state index in [0.717, 1.165) is 4.90 Å². The molecule has 0 bridgehead atoms. The van der Waals surface area contributed by atoms with Gasteiger partial charge in [-0.15, -0.1) is 0 Å². The molecule has 6 heteroatoms. The van der Waals surface area contributed by atoms with Gasteiger partial charge in [0.25, 0.3) is 5.91 Å². The Balaban J connectivity index is 3.01. The molecule has 0 unspecified atom stereocenters. The molecular formula is C11H12ClNO4. The van der Waals surface area contributed by atoms with Crippen molar-refractivity contribution in [1.82, 2.24) is 4.90 Å². The van der Waals surface area contributed by atoms with E-state index < -0.39 is 18.4 Å². The zero-order valence-electron chi connectivity index (χ0n) is 9.18. The third kappa shape index (κ3) is 3.35. The highest BCUT2D eigenvalue weighted by atomic mass is 35.5. The minimum absolute atomic E-state index is 0.0924. The fourth-order valence-corrected chi connectivity index (χ4v) is 1.54. The topological polar surface area (TPSA) is 77.8 Å². The summed E-state index contributed by atoms with van der Waals surface area (Å²) in [5.74, 6) is -1.71. The highest BCUT2D eigenvalue weighted by molar-refractivity contribution is 6.33. The van der Waals surface area contributed by atoms with Crippen LogP contribution in [0.5, 0.6) is 5.75 Å². The molecule has 0 saturated carbocycles. The van der Waals surface area contributed by atoms with E-state index in [9.17, 15) is 14.7 Å². The first-order valence-corrected chi connectivity index (χ1v) is 5.33. The van der Waals surface area contributed by atoms with Crippen LogP contribution in [0.4, 0.5) is 0 Å². The number of hydrogen-bond donors (Lipinski definition) is 2. The van der Waals surface area contributed by atoms with E-state index in [1.54, 1.807) is 6.92 Å². The first-order valence-electron chi connectivity index (χ1n) is 4.95. The lowest BCUT2D eigenvalue weighted by Gasteiger charge is -2.19. The van der Waals surface area contributed by atoms with Crippen LogP contribution >= 0.6 is 11.6 Å². The Hall–Kier alpha value is -1.75. The van der Waals surface area contributed by atoms with Crippen molar-refractivity contribution in [3.8, 4) is 5.75 Å². The van der Waals surface area contributed by atoms with Crippen LogP contribution in [0.15, 0.2) is 18.2 Å². The van der Waals surface area contributed by atoms with E-state index >= 15 is 0 Å². The predicted molar refractivity (Wildman–Crippen MR) is 62.3 cm³/mol. The van der Waals surface area contributed by atoms with Crippen molar-refractivity contribution in [1.29, 1.82) is 0 Å². The molecule has 1 rings (SSSR count). The van der Waals surface area contributed by atoms with Crippen molar-refractivity contribution < 1.29 is 19.8 Å². The van der Waals surface area contributed by atoms with Crippen LogP contribution in [0.2, 0.25) is 5.02 Å². The average Bonchev–Trinajstić information content (AvgIpc) is 2.28. The van der Waals surface area contributed by atoms with Crippen LogP contribution in [-0.2, 0) is 4.79 Å². The standard InChI is InChI=1S/C11H12ClNO4/c1-2-13(6-10(15)16)11(17)8-5-7(14)3-4-9(8)12/h3-5,14H,2,6H2,1H3,(H,15,16). The molecule has 0 aliphatic carbocycles. The molecule has 92 valence electrons. The Kier molecular flexibility index (Phi) is 4.34. The fraction of sp³-hybridized carbons (Fsp3) is 0.273. The molecule has 2 N–H and O–H groups in total. The average molecular weight is 258 g/mol. The summed E-state index contributed by atoms with van der Waals surface area (Å²) in [6.45, 7) is 1.51. The maximum Gasteiger partial charge on any atom is 0.323 e. The number of carbonyl (C=O) groups excluding carboxylic acids is 1. The zero-order chi connectivity index (χ0) is 13.0. The zero-order valence-corrected chi connectivity index (χ0v) is 9.94. The molecule has 1 amide bonds. The van der Waals surface area contributed by atoms with Gasteiger partial charge in [-0.3, -0.25) is 9.59 Å². The number of rotatable bonds is 4. The highest BCUT2D eigenvalue weighted by Crippen LogP contribution is 2.22. The number of phenols is 1. The first-order chi connectivity index (χ1) is 7.95. The summed E-state index contributed by atoms with van der Waals surface area (Å²) in [6, 6.07) is 3.96. The number of phenolic OH excluding ortho intramolecular Hbond substituents is 1. The number of likely N-dealkylation sites (N-methyl/N-ethyl adjacent to an activating group) is 1. The number of aromatic hydroxyl groups is 1. The number of halogens is 1. The molecule has 0 atom stereocenters. The van der Waals surface area contributed by atoms with E-state index in [4.69, 9.17) is 16.7 Å². The summed E-state index contributed by atoms with van der Waals surface area (Å²) < 4.78 is 0. The first kappa shape index (κ1) is 13.3. The quantitative estimate of drug-likeness (QED) is 0.859. The van der Waals surface area contributed by atoms with Crippen LogP contribution in [0.3, 0.4) is 0 Å². The molecule has 0 saturated heterocycles. The molecule has 17 heavy (non-hydrogen) atoms. The number of carbonyl (C=O) groups is 2. The lowest BCUT2D eigenvalue weighted by atomic mass is 10.2. The Morgan fingerprint density at radius 3 is 2.59 bits per heavy atom. The molecular weight excluding hydrogens is 246 g/mol.